The number of hydrogen-bond donors (Lipinski definition) is 1. The Balaban J connectivity index is 1.76. The van der Waals surface area contributed by atoms with E-state index in [-0.39, 0.29) is 0 Å². The average Bonchev–Trinajstić information content (AvgIpc) is 2.85. The third-order valence-corrected chi connectivity index (χ3v) is 4.06. The molecule has 0 heterocycles. The van der Waals surface area contributed by atoms with E-state index in [0.717, 1.165) is 17.9 Å². The van der Waals surface area contributed by atoms with Crippen molar-refractivity contribution >= 4 is 0 Å². The highest BCUT2D eigenvalue weighted by Crippen LogP contribution is 2.38. The van der Waals surface area contributed by atoms with Crippen molar-refractivity contribution in [3.8, 4) is 0 Å². The highest BCUT2D eigenvalue weighted by atomic mass is 14.9. The molecule has 2 fully saturated rings. The Morgan fingerprint density at radius 2 is 1.93 bits per heavy atom. The molecule has 0 aliphatic heterocycles. The van der Waals surface area contributed by atoms with E-state index in [0.29, 0.717) is 5.41 Å². The first-order valence-electron chi connectivity index (χ1n) is 6.30. The molecule has 0 aromatic rings. The molecular weight excluding hydrogens is 170 g/mol. The second-order valence-corrected chi connectivity index (χ2v) is 6.34. The van der Waals surface area contributed by atoms with Crippen molar-refractivity contribution in [2.24, 2.45) is 17.3 Å². The van der Waals surface area contributed by atoms with Gasteiger partial charge in [-0.25, -0.2) is 0 Å². The summed E-state index contributed by atoms with van der Waals surface area (Å²) in [5.74, 6) is 1.90. The van der Waals surface area contributed by atoms with Crippen LogP contribution in [-0.4, -0.2) is 12.6 Å². The first-order chi connectivity index (χ1) is 6.57. The van der Waals surface area contributed by atoms with Crippen LogP contribution in [0.2, 0.25) is 0 Å². The van der Waals surface area contributed by atoms with Gasteiger partial charge in [0.25, 0.3) is 0 Å². The molecule has 0 aromatic carbocycles. The van der Waals surface area contributed by atoms with Crippen molar-refractivity contribution in [1.29, 1.82) is 0 Å². The number of rotatable bonds is 3. The lowest BCUT2D eigenvalue weighted by atomic mass is 9.70. The van der Waals surface area contributed by atoms with Crippen LogP contribution in [0.5, 0.6) is 0 Å². The predicted octanol–water partition coefficient (Wildman–Crippen LogP) is 3.20. The first kappa shape index (κ1) is 10.5. The van der Waals surface area contributed by atoms with Gasteiger partial charge in [-0.05, 0) is 55.9 Å². The topological polar surface area (TPSA) is 12.0 Å². The molecule has 2 unspecified atom stereocenters. The third kappa shape index (κ3) is 2.73. The van der Waals surface area contributed by atoms with Crippen LogP contribution in [0.3, 0.4) is 0 Å². The molecule has 82 valence electrons. The van der Waals surface area contributed by atoms with Gasteiger partial charge in [-0.15, -0.1) is 0 Å². The SMILES string of the molecule is CC1CC(C)(C)CCC1NCC1CC1. The Kier molecular flexibility index (Phi) is 2.88. The molecule has 0 aromatic heterocycles. The quantitative estimate of drug-likeness (QED) is 0.729. The largest absolute Gasteiger partial charge is 0.313 e. The van der Waals surface area contributed by atoms with Gasteiger partial charge >= 0.3 is 0 Å². The van der Waals surface area contributed by atoms with Crippen LogP contribution in [0.4, 0.5) is 0 Å². The van der Waals surface area contributed by atoms with Crippen LogP contribution in [0, 0.1) is 17.3 Å². The smallest absolute Gasteiger partial charge is 0.00932 e. The van der Waals surface area contributed by atoms with E-state index in [1.807, 2.05) is 0 Å². The summed E-state index contributed by atoms with van der Waals surface area (Å²) < 4.78 is 0. The summed E-state index contributed by atoms with van der Waals surface area (Å²) in [7, 11) is 0. The minimum Gasteiger partial charge on any atom is -0.313 e. The average molecular weight is 195 g/mol. The lowest BCUT2D eigenvalue weighted by Gasteiger charge is -2.39. The zero-order valence-corrected chi connectivity index (χ0v) is 9.97. The molecule has 0 radical (unpaired) electrons. The second kappa shape index (κ2) is 3.84. The molecular formula is C13H25N. The highest BCUT2D eigenvalue weighted by molar-refractivity contribution is 4.88. The minimum absolute atomic E-state index is 0.594. The van der Waals surface area contributed by atoms with Gasteiger partial charge in [-0.3, -0.25) is 0 Å². The normalized spacial score (nSPS) is 37.1. The standard InChI is InChI=1S/C13H25N/c1-10-8-13(2,3)7-6-12(10)14-9-11-4-5-11/h10-12,14H,4-9H2,1-3H3. The van der Waals surface area contributed by atoms with E-state index in [1.54, 1.807) is 0 Å². The van der Waals surface area contributed by atoms with Crippen molar-refractivity contribution < 1.29 is 0 Å². The van der Waals surface area contributed by atoms with E-state index >= 15 is 0 Å². The van der Waals surface area contributed by atoms with E-state index in [4.69, 9.17) is 0 Å². The number of nitrogens with one attached hydrogen (secondary N) is 1. The predicted molar refractivity (Wildman–Crippen MR) is 61.3 cm³/mol. The van der Waals surface area contributed by atoms with Gasteiger partial charge in [0, 0.05) is 6.04 Å². The molecule has 2 atom stereocenters. The Labute approximate surface area is 88.7 Å². The molecule has 2 aliphatic carbocycles. The van der Waals surface area contributed by atoms with Gasteiger partial charge in [-0.2, -0.15) is 0 Å². The molecule has 1 heteroatoms. The van der Waals surface area contributed by atoms with Crippen LogP contribution < -0.4 is 5.32 Å². The zero-order chi connectivity index (χ0) is 10.2. The highest BCUT2D eigenvalue weighted by Gasteiger charge is 2.32. The fourth-order valence-electron chi connectivity index (χ4n) is 2.89. The van der Waals surface area contributed by atoms with Gasteiger partial charge in [0.05, 0.1) is 0 Å². The Morgan fingerprint density at radius 1 is 1.21 bits per heavy atom. The molecule has 2 rings (SSSR count). The molecule has 14 heavy (non-hydrogen) atoms. The molecule has 0 saturated heterocycles. The maximum Gasteiger partial charge on any atom is 0.00932 e. The van der Waals surface area contributed by atoms with Gasteiger partial charge < -0.3 is 5.32 Å². The summed E-state index contributed by atoms with van der Waals surface area (Å²) in [6.45, 7) is 8.54. The summed E-state index contributed by atoms with van der Waals surface area (Å²) >= 11 is 0. The molecule has 2 aliphatic rings. The zero-order valence-electron chi connectivity index (χ0n) is 9.97. The molecule has 0 bridgehead atoms. The fraction of sp³-hybridized carbons (Fsp3) is 1.00. The summed E-state index contributed by atoms with van der Waals surface area (Å²) in [5, 5.41) is 3.77. The van der Waals surface area contributed by atoms with Crippen molar-refractivity contribution in [1.82, 2.24) is 5.32 Å². The van der Waals surface area contributed by atoms with Crippen molar-refractivity contribution in [3.05, 3.63) is 0 Å². The van der Waals surface area contributed by atoms with Crippen molar-refractivity contribution in [2.75, 3.05) is 6.54 Å². The molecule has 1 N–H and O–H groups in total. The minimum atomic E-state index is 0.594. The van der Waals surface area contributed by atoms with Crippen LogP contribution >= 0.6 is 0 Å². The molecule has 0 spiro atoms. The van der Waals surface area contributed by atoms with Gasteiger partial charge in [0.1, 0.15) is 0 Å². The van der Waals surface area contributed by atoms with E-state index < -0.39 is 0 Å². The fourth-order valence-corrected chi connectivity index (χ4v) is 2.89. The second-order valence-electron chi connectivity index (χ2n) is 6.34. The first-order valence-corrected chi connectivity index (χ1v) is 6.30. The summed E-state index contributed by atoms with van der Waals surface area (Å²) in [6, 6.07) is 0.809. The lowest BCUT2D eigenvalue weighted by molar-refractivity contribution is 0.148. The Bertz CT molecular complexity index is 191. The van der Waals surface area contributed by atoms with Gasteiger partial charge in [0.2, 0.25) is 0 Å². The molecule has 2 saturated carbocycles. The number of hydrogen-bond acceptors (Lipinski definition) is 1. The van der Waals surface area contributed by atoms with Gasteiger partial charge in [0.15, 0.2) is 0 Å². The van der Waals surface area contributed by atoms with Gasteiger partial charge in [-0.1, -0.05) is 20.8 Å². The molecule has 0 amide bonds. The summed E-state index contributed by atoms with van der Waals surface area (Å²) in [6.07, 6.45) is 7.13. The Hall–Kier alpha value is -0.0400. The van der Waals surface area contributed by atoms with Crippen molar-refractivity contribution in [3.63, 3.8) is 0 Å². The summed E-state index contributed by atoms with van der Waals surface area (Å²) in [5.41, 5.74) is 0.594. The van der Waals surface area contributed by atoms with E-state index in [2.05, 4.69) is 26.1 Å². The summed E-state index contributed by atoms with van der Waals surface area (Å²) in [4.78, 5) is 0. The Morgan fingerprint density at radius 3 is 2.50 bits per heavy atom. The lowest BCUT2D eigenvalue weighted by Crippen LogP contribution is -2.42. The van der Waals surface area contributed by atoms with Crippen molar-refractivity contribution in [2.45, 2.75) is 58.9 Å². The van der Waals surface area contributed by atoms with Crippen LogP contribution in [-0.2, 0) is 0 Å². The van der Waals surface area contributed by atoms with E-state index in [9.17, 15) is 0 Å². The maximum atomic E-state index is 3.77. The third-order valence-electron chi connectivity index (χ3n) is 4.06. The maximum absolute atomic E-state index is 3.77. The van der Waals surface area contributed by atoms with E-state index in [1.165, 1.54) is 38.6 Å². The van der Waals surface area contributed by atoms with Crippen LogP contribution in [0.15, 0.2) is 0 Å². The van der Waals surface area contributed by atoms with Crippen LogP contribution in [0.25, 0.3) is 0 Å². The van der Waals surface area contributed by atoms with Crippen LogP contribution in [0.1, 0.15) is 52.9 Å². The molecule has 1 nitrogen and oxygen atoms in total. The monoisotopic (exact) mass is 195 g/mol.